The van der Waals surface area contributed by atoms with Crippen LogP contribution in [0.1, 0.15) is 23.0 Å². The Hall–Kier alpha value is -4.21. The van der Waals surface area contributed by atoms with Crippen LogP contribution in [0.15, 0.2) is 53.3 Å². The molecule has 0 bridgehead atoms. The van der Waals surface area contributed by atoms with Gasteiger partial charge in [-0.1, -0.05) is 23.4 Å². The number of nitrogens with zero attached hydrogens (tertiary/aromatic N) is 5. The van der Waals surface area contributed by atoms with Gasteiger partial charge >= 0.3 is 5.97 Å². The quantitative estimate of drug-likeness (QED) is 0.465. The summed E-state index contributed by atoms with van der Waals surface area (Å²) in [5.74, 6) is -1.28. The SMILES string of the molecule is CCn1nnc2cc(C(=O)OCC(=O)Nc3c(C)n(C)n(-c4ccccc4)c3=O)ccc21. The number of carbonyl (C=O) groups excluding carboxylic acids is 2. The summed E-state index contributed by atoms with van der Waals surface area (Å²) in [4.78, 5) is 37.6. The fourth-order valence-corrected chi connectivity index (χ4v) is 3.43. The molecule has 4 rings (SSSR count). The summed E-state index contributed by atoms with van der Waals surface area (Å²) in [6, 6.07) is 14.0. The second kappa shape index (κ2) is 8.50. The number of hydrogen-bond acceptors (Lipinski definition) is 6. The number of aryl methyl sites for hydroxylation is 1. The molecule has 1 amide bonds. The van der Waals surface area contributed by atoms with Crippen molar-refractivity contribution < 1.29 is 14.3 Å². The number of hydrogen-bond donors (Lipinski definition) is 1. The first-order chi connectivity index (χ1) is 15.4. The third-order valence-electron chi connectivity index (χ3n) is 5.20. The minimum absolute atomic E-state index is 0.134. The molecule has 0 fully saturated rings. The van der Waals surface area contributed by atoms with Crippen LogP contribution in [0.4, 0.5) is 5.69 Å². The van der Waals surface area contributed by atoms with E-state index in [2.05, 4.69) is 15.6 Å². The zero-order valence-corrected chi connectivity index (χ0v) is 17.9. The molecular weight excluding hydrogens is 412 g/mol. The van der Waals surface area contributed by atoms with Gasteiger partial charge in [0.15, 0.2) is 6.61 Å². The van der Waals surface area contributed by atoms with Crippen LogP contribution < -0.4 is 10.9 Å². The average Bonchev–Trinajstić information content (AvgIpc) is 3.31. The first-order valence-electron chi connectivity index (χ1n) is 10.0. The summed E-state index contributed by atoms with van der Waals surface area (Å²) in [5, 5.41) is 10.6. The third-order valence-corrected chi connectivity index (χ3v) is 5.20. The van der Waals surface area contributed by atoms with Gasteiger partial charge in [-0.15, -0.1) is 5.10 Å². The van der Waals surface area contributed by atoms with Crippen molar-refractivity contribution in [2.75, 3.05) is 11.9 Å². The van der Waals surface area contributed by atoms with Crippen LogP contribution in [0.25, 0.3) is 16.7 Å². The number of anilines is 1. The van der Waals surface area contributed by atoms with Gasteiger partial charge in [0.1, 0.15) is 11.2 Å². The molecule has 0 aliphatic heterocycles. The summed E-state index contributed by atoms with van der Waals surface area (Å²) in [6.07, 6.45) is 0. The number of esters is 1. The Morgan fingerprint density at radius 1 is 1.12 bits per heavy atom. The van der Waals surface area contributed by atoms with Gasteiger partial charge < -0.3 is 10.1 Å². The normalized spacial score (nSPS) is 11.0. The molecule has 1 N–H and O–H groups in total. The Morgan fingerprint density at radius 2 is 1.88 bits per heavy atom. The highest BCUT2D eigenvalue weighted by molar-refractivity contribution is 5.97. The van der Waals surface area contributed by atoms with Crippen molar-refractivity contribution in [1.29, 1.82) is 0 Å². The summed E-state index contributed by atoms with van der Waals surface area (Å²) in [6.45, 7) is 3.79. The van der Waals surface area contributed by atoms with Crippen molar-refractivity contribution in [3.63, 3.8) is 0 Å². The number of para-hydroxylation sites is 1. The largest absolute Gasteiger partial charge is 0.452 e. The maximum Gasteiger partial charge on any atom is 0.338 e. The lowest BCUT2D eigenvalue weighted by Gasteiger charge is -2.07. The summed E-state index contributed by atoms with van der Waals surface area (Å²) in [5.41, 5.74) is 2.63. The first-order valence-corrected chi connectivity index (χ1v) is 10.0. The van der Waals surface area contributed by atoms with Gasteiger partial charge in [0, 0.05) is 13.6 Å². The van der Waals surface area contributed by atoms with E-state index in [0.29, 0.717) is 23.4 Å². The van der Waals surface area contributed by atoms with E-state index in [0.717, 1.165) is 5.52 Å². The minimum Gasteiger partial charge on any atom is -0.452 e. The summed E-state index contributed by atoms with van der Waals surface area (Å²) in [7, 11) is 1.73. The predicted octanol–water partition coefficient (Wildman–Crippen LogP) is 2.04. The molecule has 2 aromatic heterocycles. The van der Waals surface area contributed by atoms with Crippen molar-refractivity contribution in [2.45, 2.75) is 20.4 Å². The van der Waals surface area contributed by atoms with Crippen LogP contribution >= 0.6 is 0 Å². The molecule has 32 heavy (non-hydrogen) atoms. The van der Waals surface area contributed by atoms with Crippen molar-refractivity contribution in [3.05, 3.63) is 70.1 Å². The van der Waals surface area contributed by atoms with E-state index in [1.54, 1.807) is 53.7 Å². The van der Waals surface area contributed by atoms with Gasteiger partial charge in [-0.2, -0.15) is 0 Å². The molecule has 10 nitrogen and oxygen atoms in total. The highest BCUT2D eigenvalue weighted by Crippen LogP contribution is 2.15. The first kappa shape index (κ1) is 21.0. The van der Waals surface area contributed by atoms with E-state index in [4.69, 9.17) is 4.74 Å². The van der Waals surface area contributed by atoms with Gasteiger partial charge in [-0.05, 0) is 44.2 Å². The zero-order chi connectivity index (χ0) is 22.8. The predicted molar refractivity (Wildman–Crippen MR) is 118 cm³/mol. The monoisotopic (exact) mass is 434 g/mol. The van der Waals surface area contributed by atoms with E-state index < -0.39 is 18.5 Å². The Labute approximate surface area is 183 Å². The topological polar surface area (TPSA) is 113 Å². The van der Waals surface area contributed by atoms with Crippen molar-refractivity contribution >= 4 is 28.6 Å². The minimum atomic E-state index is -0.667. The van der Waals surface area contributed by atoms with Crippen molar-refractivity contribution in [3.8, 4) is 5.69 Å². The van der Waals surface area contributed by atoms with Crippen LogP contribution in [0.3, 0.4) is 0 Å². The molecule has 0 saturated carbocycles. The molecule has 0 saturated heterocycles. The van der Waals surface area contributed by atoms with Gasteiger partial charge in [-0.25, -0.2) is 14.2 Å². The van der Waals surface area contributed by atoms with Crippen LogP contribution in [-0.2, 0) is 23.1 Å². The maximum atomic E-state index is 12.9. The molecule has 0 aliphatic rings. The van der Waals surface area contributed by atoms with Crippen LogP contribution in [-0.4, -0.2) is 42.8 Å². The number of carbonyl (C=O) groups is 2. The lowest BCUT2D eigenvalue weighted by Crippen LogP contribution is -2.25. The molecule has 164 valence electrons. The Bertz CT molecular complexity index is 1370. The van der Waals surface area contributed by atoms with Gasteiger partial charge in [0.25, 0.3) is 11.5 Å². The molecule has 0 aliphatic carbocycles. The number of fused-ring (bicyclic) bond motifs is 1. The number of nitrogens with one attached hydrogen (secondary N) is 1. The fraction of sp³-hybridized carbons (Fsp3) is 0.227. The number of rotatable bonds is 6. The maximum absolute atomic E-state index is 12.9. The van der Waals surface area contributed by atoms with E-state index in [1.165, 1.54) is 4.68 Å². The highest BCUT2D eigenvalue weighted by atomic mass is 16.5. The lowest BCUT2D eigenvalue weighted by atomic mass is 10.2. The molecule has 0 atom stereocenters. The van der Waals surface area contributed by atoms with Crippen LogP contribution in [0, 0.1) is 6.92 Å². The smallest absolute Gasteiger partial charge is 0.338 e. The van der Waals surface area contributed by atoms with Gasteiger partial charge in [0.05, 0.1) is 22.5 Å². The molecular formula is C22H22N6O4. The molecule has 0 unspecified atom stereocenters. The molecule has 10 heteroatoms. The third kappa shape index (κ3) is 3.78. The number of benzene rings is 2. The number of aromatic nitrogens is 5. The van der Waals surface area contributed by atoms with Crippen molar-refractivity contribution in [1.82, 2.24) is 24.4 Å². The second-order valence-electron chi connectivity index (χ2n) is 7.17. The van der Waals surface area contributed by atoms with Crippen LogP contribution in [0.2, 0.25) is 0 Å². The lowest BCUT2D eigenvalue weighted by molar-refractivity contribution is -0.119. The van der Waals surface area contributed by atoms with Crippen LogP contribution in [0.5, 0.6) is 0 Å². The standard InChI is InChI=1S/C22H22N6O4/c1-4-27-18-11-10-15(12-17(18)24-25-27)22(31)32-13-19(29)23-20-14(2)26(3)28(21(20)30)16-8-6-5-7-9-16/h5-12H,4,13H2,1-3H3,(H,23,29). The molecule has 2 heterocycles. The Morgan fingerprint density at radius 3 is 2.59 bits per heavy atom. The average molecular weight is 434 g/mol. The van der Waals surface area contributed by atoms with E-state index in [-0.39, 0.29) is 16.8 Å². The highest BCUT2D eigenvalue weighted by Gasteiger charge is 2.19. The Balaban J connectivity index is 1.45. The summed E-state index contributed by atoms with van der Waals surface area (Å²) >= 11 is 0. The Kier molecular flexibility index (Phi) is 5.59. The number of amides is 1. The van der Waals surface area contributed by atoms with E-state index in [9.17, 15) is 14.4 Å². The molecule has 0 spiro atoms. The van der Waals surface area contributed by atoms with E-state index >= 15 is 0 Å². The molecule has 0 radical (unpaired) electrons. The number of ether oxygens (including phenoxy) is 1. The van der Waals surface area contributed by atoms with Crippen molar-refractivity contribution in [2.24, 2.45) is 7.05 Å². The molecule has 4 aromatic rings. The van der Waals surface area contributed by atoms with E-state index in [1.807, 2.05) is 25.1 Å². The van der Waals surface area contributed by atoms with Gasteiger partial charge in [-0.3, -0.25) is 14.3 Å². The second-order valence-corrected chi connectivity index (χ2v) is 7.17. The fourth-order valence-electron chi connectivity index (χ4n) is 3.43. The zero-order valence-electron chi connectivity index (χ0n) is 17.9. The molecule has 2 aromatic carbocycles. The summed E-state index contributed by atoms with van der Waals surface area (Å²) < 4.78 is 9.94. The van der Waals surface area contributed by atoms with Gasteiger partial charge in [0.2, 0.25) is 0 Å².